The van der Waals surface area contributed by atoms with Crippen LogP contribution in [0.2, 0.25) is 0 Å². The second-order valence-corrected chi connectivity index (χ2v) is 6.45. The van der Waals surface area contributed by atoms with Crippen molar-refractivity contribution < 1.29 is 4.79 Å². The molecule has 0 fully saturated rings. The molecule has 0 N–H and O–H groups in total. The van der Waals surface area contributed by atoms with Crippen molar-refractivity contribution in [1.29, 1.82) is 0 Å². The molecule has 0 aliphatic carbocycles. The molecular formula is C16H23ClO. The third-order valence-electron chi connectivity index (χ3n) is 3.19. The molecule has 1 atom stereocenters. The molecule has 0 amide bonds. The smallest absolute Gasteiger partial charge is 0.160 e. The molecule has 1 unspecified atom stereocenters. The number of alkyl halides is 1. The highest BCUT2D eigenvalue weighted by molar-refractivity contribution is 6.18. The Morgan fingerprint density at radius 2 is 1.94 bits per heavy atom. The van der Waals surface area contributed by atoms with E-state index < -0.39 is 0 Å². The number of hydrogen-bond donors (Lipinski definition) is 0. The first-order valence-electron chi connectivity index (χ1n) is 6.46. The number of carbonyl (C=O) groups excluding carboxylic acids is 1. The Kier molecular flexibility index (Phi) is 4.98. The first-order valence-corrected chi connectivity index (χ1v) is 6.99. The van der Waals surface area contributed by atoms with E-state index in [2.05, 4.69) is 39.8 Å². The predicted octanol–water partition coefficient (Wildman–Crippen LogP) is 4.60. The summed E-state index contributed by atoms with van der Waals surface area (Å²) >= 11 is 5.85. The van der Waals surface area contributed by atoms with Crippen molar-refractivity contribution in [3.63, 3.8) is 0 Å². The van der Waals surface area contributed by atoms with E-state index in [4.69, 9.17) is 11.6 Å². The maximum atomic E-state index is 11.8. The molecule has 0 radical (unpaired) electrons. The van der Waals surface area contributed by atoms with Gasteiger partial charge in [0, 0.05) is 11.4 Å². The van der Waals surface area contributed by atoms with E-state index in [1.54, 1.807) is 6.92 Å². The second-order valence-electron chi connectivity index (χ2n) is 6.14. The van der Waals surface area contributed by atoms with Crippen LogP contribution in [0.3, 0.4) is 0 Å². The van der Waals surface area contributed by atoms with Crippen molar-refractivity contribution in [3.8, 4) is 0 Å². The van der Waals surface area contributed by atoms with Crippen molar-refractivity contribution in [2.75, 3.05) is 5.88 Å². The normalized spacial score (nSPS) is 13.4. The van der Waals surface area contributed by atoms with E-state index in [9.17, 15) is 4.79 Å². The Hall–Kier alpha value is -0.820. The fraction of sp³-hybridized carbons (Fsp3) is 0.562. The molecule has 100 valence electrons. The van der Waals surface area contributed by atoms with E-state index >= 15 is 0 Å². The van der Waals surface area contributed by atoms with E-state index in [1.807, 2.05) is 6.07 Å². The summed E-state index contributed by atoms with van der Waals surface area (Å²) in [6.07, 6.45) is 0.864. The summed E-state index contributed by atoms with van der Waals surface area (Å²) in [5, 5.41) is 0. The number of carbonyl (C=O) groups is 1. The van der Waals surface area contributed by atoms with Gasteiger partial charge in [0.1, 0.15) is 0 Å². The van der Waals surface area contributed by atoms with Crippen LogP contribution >= 0.6 is 11.6 Å². The van der Waals surface area contributed by atoms with Crippen LogP contribution in [0.5, 0.6) is 0 Å². The SMILES string of the molecule is CC(=O)c1cc(C(C)(C)C)ccc1CC(C)CCl. The maximum Gasteiger partial charge on any atom is 0.160 e. The topological polar surface area (TPSA) is 17.1 Å². The zero-order valence-corrected chi connectivity index (χ0v) is 12.8. The fourth-order valence-corrected chi connectivity index (χ4v) is 2.09. The quantitative estimate of drug-likeness (QED) is 0.575. The number of benzene rings is 1. The molecule has 0 aliphatic heterocycles. The van der Waals surface area contributed by atoms with Gasteiger partial charge in [-0.3, -0.25) is 4.79 Å². The van der Waals surface area contributed by atoms with E-state index in [0.29, 0.717) is 11.8 Å². The largest absolute Gasteiger partial charge is 0.295 e. The van der Waals surface area contributed by atoms with Crippen LogP contribution in [0.1, 0.15) is 56.1 Å². The number of Topliss-reactive ketones (excluding diaryl/α,β-unsaturated/α-hetero) is 1. The Balaban J connectivity index is 3.17. The molecule has 18 heavy (non-hydrogen) atoms. The molecule has 0 bridgehead atoms. The lowest BCUT2D eigenvalue weighted by atomic mass is 9.83. The molecule has 2 heteroatoms. The molecular weight excluding hydrogens is 244 g/mol. The van der Waals surface area contributed by atoms with Crippen LogP contribution in [0.15, 0.2) is 18.2 Å². The molecule has 0 saturated heterocycles. The van der Waals surface area contributed by atoms with Gasteiger partial charge in [-0.1, -0.05) is 39.8 Å². The summed E-state index contributed by atoms with van der Waals surface area (Å²) in [6.45, 7) is 10.2. The zero-order valence-electron chi connectivity index (χ0n) is 12.0. The highest BCUT2D eigenvalue weighted by Crippen LogP contribution is 2.26. The minimum atomic E-state index is 0.0703. The van der Waals surface area contributed by atoms with Crippen LogP contribution in [-0.4, -0.2) is 11.7 Å². The minimum absolute atomic E-state index is 0.0703. The van der Waals surface area contributed by atoms with Crippen molar-refractivity contribution in [1.82, 2.24) is 0 Å². The summed E-state index contributed by atoms with van der Waals surface area (Å²) in [6, 6.07) is 6.25. The number of ketones is 1. The van der Waals surface area contributed by atoms with Gasteiger partial charge in [0.15, 0.2) is 5.78 Å². The van der Waals surface area contributed by atoms with Gasteiger partial charge >= 0.3 is 0 Å². The lowest BCUT2D eigenvalue weighted by Gasteiger charge is -2.21. The summed E-state index contributed by atoms with van der Waals surface area (Å²) in [5.41, 5.74) is 3.24. The van der Waals surface area contributed by atoms with Gasteiger partial charge in [-0.2, -0.15) is 0 Å². The van der Waals surface area contributed by atoms with E-state index in [0.717, 1.165) is 17.5 Å². The number of halogens is 1. The minimum Gasteiger partial charge on any atom is -0.295 e. The standard InChI is InChI=1S/C16H23ClO/c1-11(10-17)8-13-6-7-14(16(3,4)5)9-15(13)12(2)18/h6-7,9,11H,8,10H2,1-5H3. The van der Waals surface area contributed by atoms with Crippen LogP contribution in [0.4, 0.5) is 0 Å². The molecule has 1 aromatic rings. The summed E-state index contributed by atoms with van der Waals surface area (Å²) < 4.78 is 0. The maximum absolute atomic E-state index is 11.8. The monoisotopic (exact) mass is 266 g/mol. The third-order valence-corrected chi connectivity index (χ3v) is 3.71. The van der Waals surface area contributed by atoms with Gasteiger partial charge in [-0.15, -0.1) is 11.6 Å². The average Bonchev–Trinajstić information content (AvgIpc) is 2.27. The lowest BCUT2D eigenvalue weighted by molar-refractivity contribution is 0.101. The lowest BCUT2D eigenvalue weighted by Crippen LogP contribution is -2.14. The van der Waals surface area contributed by atoms with Gasteiger partial charge in [-0.25, -0.2) is 0 Å². The van der Waals surface area contributed by atoms with Gasteiger partial charge in [-0.05, 0) is 41.9 Å². The van der Waals surface area contributed by atoms with Crippen LogP contribution in [0.25, 0.3) is 0 Å². The van der Waals surface area contributed by atoms with Gasteiger partial charge in [0.05, 0.1) is 0 Å². The molecule has 1 aromatic carbocycles. The molecule has 1 nitrogen and oxygen atoms in total. The Morgan fingerprint density at radius 1 is 1.33 bits per heavy atom. The third kappa shape index (κ3) is 3.84. The summed E-state index contributed by atoms with van der Waals surface area (Å²) in [7, 11) is 0. The highest BCUT2D eigenvalue weighted by Gasteiger charge is 2.17. The average molecular weight is 267 g/mol. The Bertz CT molecular complexity index is 429. The fourth-order valence-electron chi connectivity index (χ4n) is 1.98. The van der Waals surface area contributed by atoms with Crippen molar-refractivity contribution in [3.05, 3.63) is 34.9 Å². The van der Waals surface area contributed by atoms with Crippen molar-refractivity contribution in [2.24, 2.45) is 5.92 Å². The summed E-state index contributed by atoms with van der Waals surface area (Å²) in [4.78, 5) is 11.8. The van der Waals surface area contributed by atoms with Crippen molar-refractivity contribution >= 4 is 17.4 Å². The zero-order chi connectivity index (χ0) is 13.9. The van der Waals surface area contributed by atoms with E-state index in [-0.39, 0.29) is 11.2 Å². The molecule has 0 spiro atoms. The van der Waals surface area contributed by atoms with Crippen LogP contribution < -0.4 is 0 Å². The predicted molar refractivity (Wildman–Crippen MR) is 78.7 cm³/mol. The Labute approximate surface area is 116 Å². The second kappa shape index (κ2) is 5.88. The van der Waals surface area contributed by atoms with Gasteiger partial charge in [0.25, 0.3) is 0 Å². The highest BCUT2D eigenvalue weighted by atomic mass is 35.5. The first kappa shape index (κ1) is 15.2. The molecule has 1 rings (SSSR count). The molecule has 0 aliphatic rings. The Morgan fingerprint density at radius 3 is 2.39 bits per heavy atom. The summed E-state index contributed by atoms with van der Waals surface area (Å²) in [5.74, 6) is 1.15. The van der Waals surface area contributed by atoms with Gasteiger partial charge < -0.3 is 0 Å². The van der Waals surface area contributed by atoms with Crippen LogP contribution in [-0.2, 0) is 11.8 Å². The van der Waals surface area contributed by atoms with E-state index in [1.165, 1.54) is 5.56 Å². The first-order chi connectivity index (χ1) is 8.25. The number of rotatable bonds is 4. The molecule has 0 aromatic heterocycles. The molecule has 0 heterocycles. The molecule has 0 saturated carbocycles. The van der Waals surface area contributed by atoms with Gasteiger partial charge in [0.2, 0.25) is 0 Å². The van der Waals surface area contributed by atoms with Crippen LogP contribution in [0, 0.1) is 5.92 Å². The number of hydrogen-bond acceptors (Lipinski definition) is 1. The van der Waals surface area contributed by atoms with Crippen molar-refractivity contribution in [2.45, 2.75) is 46.5 Å².